The van der Waals surface area contributed by atoms with Crippen LogP contribution in [0.3, 0.4) is 0 Å². The van der Waals surface area contributed by atoms with Gasteiger partial charge in [-0.3, -0.25) is 0 Å². The summed E-state index contributed by atoms with van der Waals surface area (Å²) in [5.74, 6) is 1.92. The van der Waals surface area contributed by atoms with Crippen LogP contribution < -0.4 is 10.6 Å². The second-order valence-electron chi connectivity index (χ2n) is 7.24. The lowest BCUT2D eigenvalue weighted by Crippen LogP contribution is -2.61. The van der Waals surface area contributed by atoms with Gasteiger partial charge in [-0.15, -0.1) is 0 Å². The van der Waals surface area contributed by atoms with E-state index in [0.717, 1.165) is 37.0 Å². The number of amides is 2. The molecule has 0 unspecified atom stereocenters. The maximum Gasteiger partial charge on any atom is 0.329 e. The van der Waals surface area contributed by atoms with Crippen molar-refractivity contribution in [3.63, 3.8) is 0 Å². The molecule has 1 atom stereocenters. The van der Waals surface area contributed by atoms with Crippen molar-refractivity contribution in [2.45, 2.75) is 51.5 Å². The number of urea groups is 1. The molecule has 2 amide bonds. The van der Waals surface area contributed by atoms with Gasteiger partial charge >= 0.3 is 12.0 Å². The Labute approximate surface area is 126 Å². The highest BCUT2D eigenvalue weighted by Gasteiger charge is 2.56. The number of esters is 1. The minimum atomic E-state index is -0.498. The Bertz CT molecular complexity index is 400. The van der Waals surface area contributed by atoms with Gasteiger partial charge in [-0.05, 0) is 63.2 Å². The normalized spacial score (nSPS) is 37.9. The van der Waals surface area contributed by atoms with Gasteiger partial charge in [-0.2, -0.15) is 0 Å². The van der Waals surface area contributed by atoms with Crippen LogP contribution in [0.1, 0.15) is 45.4 Å². The first-order chi connectivity index (χ1) is 10.1. The third-order valence-electron chi connectivity index (χ3n) is 5.75. The smallest absolute Gasteiger partial charge is 0.329 e. The van der Waals surface area contributed by atoms with E-state index in [4.69, 9.17) is 4.74 Å². The number of carbonyl (C=O) groups is 2. The molecule has 5 nitrogen and oxygen atoms in total. The van der Waals surface area contributed by atoms with E-state index < -0.39 is 6.04 Å². The molecular formula is C16H26N2O3. The Kier molecular flexibility index (Phi) is 3.84. The molecule has 0 aromatic rings. The molecule has 4 bridgehead atoms. The van der Waals surface area contributed by atoms with Crippen LogP contribution in [0.15, 0.2) is 0 Å². The van der Waals surface area contributed by atoms with E-state index in [2.05, 4.69) is 10.6 Å². The minimum absolute atomic E-state index is 0.0765. The molecule has 0 aromatic carbocycles. The highest BCUT2D eigenvalue weighted by Crippen LogP contribution is 2.61. The van der Waals surface area contributed by atoms with Gasteiger partial charge in [-0.1, -0.05) is 0 Å². The first kappa shape index (κ1) is 14.7. The fourth-order valence-electron chi connectivity index (χ4n) is 5.45. The largest absolute Gasteiger partial charge is 0.467 e. The number of rotatable bonds is 4. The molecule has 4 saturated carbocycles. The standard InChI is InChI=1S/C16H26N2O3/c1-3-17-15(20)18-13(14(19)21-2)16-7-10-4-11(8-16)6-12(5-10)9-16/h10-13H,3-9H2,1-2H3,(H2,17,18,20)/t10?,11?,12?,13-,16?/m1/s1. The molecule has 4 aliphatic rings. The second-order valence-corrected chi connectivity index (χ2v) is 7.24. The number of carbonyl (C=O) groups excluding carboxylic acids is 2. The average molecular weight is 294 g/mol. The minimum Gasteiger partial charge on any atom is -0.467 e. The molecular weight excluding hydrogens is 268 g/mol. The molecule has 0 aliphatic heterocycles. The van der Waals surface area contributed by atoms with Crippen molar-refractivity contribution in [3.05, 3.63) is 0 Å². The predicted molar refractivity (Wildman–Crippen MR) is 78.6 cm³/mol. The van der Waals surface area contributed by atoms with Crippen molar-refractivity contribution in [1.82, 2.24) is 10.6 Å². The van der Waals surface area contributed by atoms with Gasteiger partial charge in [0.15, 0.2) is 0 Å². The first-order valence-corrected chi connectivity index (χ1v) is 8.18. The van der Waals surface area contributed by atoms with Crippen molar-refractivity contribution < 1.29 is 14.3 Å². The quantitative estimate of drug-likeness (QED) is 0.780. The molecule has 5 heteroatoms. The zero-order valence-corrected chi connectivity index (χ0v) is 13.0. The highest BCUT2D eigenvalue weighted by atomic mass is 16.5. The van der Waals surface area contributed by atoms with Crippen LogP contribution in [0.2, 0.25) is 0 Å². The van der Waals surface area contributed by atoms with Gasteiger partial charge in [0.05, 0.1) is 7.11 Å². The van der Waals surface area contributed by atoms with Gasteiger partial charge in [-0.25, -0.2) is 9.59 Å². The molecule has 4 rings (SSSR count). The SMILES string of the molecule is CCNC(=O)N[C@H](C(=O)OC)C12CC3CC(CC(C3)C1)C2. The predicted octanol–water partition coefficient (Wildman–Crippen LogP) is 2.06. The van der Waals surface area contributed by atoms with E-state index in [1.165, 1.54) is 26.4 Å². The van der Waals surface area contributed by atoms with Gasteiger partial charge in [0.1, 0.15) is 6.04 Å². The lowest BCUT2D eigenvalue weighted by Gasteiger charge is -2.58. The van der Waals surface area contributed by atoms with Crippen LogP contribution in [0.4, 0.5) is 4.79 Å². The highest BCUT2D eigenvalue weighted by molar-refractivity contribution is 5.84. The van der Waals surface area contributed by atoms with E-state index in [1.54, 1.807) is 0 Å². The summed E-state index contributed by atoms with van der Waals surface area (Å²) in [7, 11) is 1.41. The summed E-state index contributed by atoms with van der Waals surface area (Å²) >= 11 is 0. The van der Waals surface area contributed by atoms with Crippen molar-refractivity contribution >= 4 is 12.0 Å². The van der Waals surface area contributed by atoms with E-state index in [-0.39, 0.29) is 17.4 Å². The number of hydrogen-bond acceptors (Lipinski definition) is 3. The Morgan fingerprint density at radius 2 is 1.67 bits per heavy atom. The van der Waals surface area contributed by atoms with E-state index in [1.807, 2.05) is 6.92 Å². The van der Waals surface area contributed by atoms with Gasteiger partial charge in [0.2, 0.25) is 0 Å². The maximum atomic E-state index is 12.3. The third-order valence-corrected chi connectivity index (χ3v) is 5.75. The Morgan fingerprint density at radius 3 is 2.10 bits per heavy atom. The average Bonchev–Trinajstić information content (AvgIpc) is 2.42. The fraction of sp³-hybridized carbons (Fsp3) is 0.875. The van der Waals surface area contributed by atoms with Crippen molar-refractivity contribution in [2.75, 3.05) is 13.7 Å². The molecule has 118 valence electrons. The maximum absolute atomic E-state index is 12.3. The van der Waals surface area contributed by atoms with Crippen molar-refractivity contribution in [3.8, 4) is 0 Å². The van der Waals surface area contributed by atoms with Crippen molar-refractivity contribution in [2.24, 2.45) is 23.2 Å². The first-order valence-electron chi connectivity index (χ1n) is 8.18. The molecule has 0 heterocycles. The molecule has 0 radical (unpaired) electrons. The summed E-state index contributed by atoms with van der Waals surface area (Å²) in [6, 6.07) is -0.758. The van der Waals surface area contributed by atoms with E-state index >= 15 is 0 Å². The number of ether oxygens (including phenoxy) is 1. The molecule has 0 saturated heterocycles. The zero-order chi connectivity index (χ0) is 15.0. The summed E-state index contributed by atoms with van der Waals surface area (Å²) < 4.78 is 5.00. The zero-order valence-electron chi connectivity index (χ0n) is 13.0. The molecule has 21 heavy (non-hydrogen) atoms. The van der Waals surface area contributed by atoms with Crippen LogP contribution >= 0.6 is 0 Å². The van der Waals surface area contributed by atoms with Crippen LogP contribution in [0.5, 0.6) is 0 Å². The van der Waals surface area contributed by atoms with Crippen LogP contribution in [0.25, 0.3) is 0 Å². The lowest BCUT2D eigenvalue weighted by atomic mass is 9.47. The fourth-order valence-corrected chi connectivity index (χ4v) is 5.45. The molecule has 0 aromatic heterocycles. The van der Waals surface area contributed by atoms with Gasteiger partial charge in [0, 0.05) is 12.0 Å². The Balaban J connectivity index is 1.82. The van der Waals surface area contributed by atoms with E-state index in [9.17, 15) is 9.59 Å². The van der Waals surface area contributed by atoms with Gasteiger partial charge < -0.3 is 15.4 Å². The molecule has 0 spiro atoms. The summed E-state index contributed by atoms with van der Waals surface area (Å²) in [4.78, 5) is 24.2. The summed E-state index contributed by atoms with van der Waals surface area (Å²) in [6.07, 6.45) is 7.12. The Morgan fingerprint density at radius 1 is 1.14 bits per heavy atom. The summed E-state index contributed by atoms with van der Waals surface area (Å²) in [5, 5.41) is 5.63. The van der Waals surface area contributed by atoms with Crippen molar-refractivity contribution in [1.29, 1.82) is 0 Å². The molecule has 2 N–H and O–H groups in total. The number of nitrogens with one attached hydrogen (secondary N) is 2. The van der Waals surface area contributed by atoms with E-state index in [0.29, 0.717) is 6.54 Å². The summed E-state index contributed by atoms with van der Waals surface area (Å²) in [5.41, 5.74) is -0.0765. The third kappa shape index (κ3) is 2.62. The number of hydrogen-bond donors (Lipinski definition) is 2. The molecule has 4 fully saturated rings. The Hall–Kier alpha value is -1.26. The van der Waals surface area contributed by atoms with Crippen LogP contribution in [-0.2, 0) is 9.53 Å². The van der Waals surface area contributed by atoms with Gasteiger partial charge in [0.25, 0.3) is 0 Å². The van der Waals surface area contributed by atoms with Crippen LogP contribution in [0, 0.1) is 23.2 Å². The number of methoxy groups -OCH3 is 1. The molecule has 4 aliphatic carbocycles. The second kappa shape index (κ2) is 5.50. The topological polar surface area (TPSA) is 67.4 Å². The van der Waals surface area contributed by atoms with Crippen LogP contribution in [-0.4, -0.2) is 31.7 Å². The lowest BCUT2D eigenvalue weighted by molar-refractivity contribution is -0.154. The summed E-state index contributed by atoms with van der Waals surface area (Å²) in [6.45, 7) is 2.43. The monoisotopic (exact) mass is 294 g/mol.